The number of ether oxygens (including phenoxy) is 2. The molecule has 0 radical (unpaired) electrons. The molecular weight excluding hydrogens is 418 g/mol. The summed E-state index contributed by atoms with van der Waals surface area (Å²) >= 11 is 0. The molecule has 0 saturated carbocycles. The molecule has 0 heterocycles. The Labute approximate surface area is 184 Å². The molecule has 1 aromatic carbocycles. The first-order valence-corrected chi connectivity index (χ1v) is 13.5. The van der Waals surface area contributed by atoms with E-state index in [0.29, 0.717) is 16.8 Å². The maximum Gasteiger partial charge on any atom is 0.436 e. The predicted octanol–water partition coefficient (Wildman–Crippen LogP) is 3.10. The number of nitrogens with zero attached hydrogens (tertiary/aromatic N) is 2. The van der Waals surface area contributed by atoms with Crippen LogP contribution >= 0.6 is 0 Å². The number of carbonyl (C=O) groups is 4. The molecule has 1 rings (SSSR count). The summed E-state index contributed by atoms with van der Waals surface area (Å²) in [5, 5.41) is 0.711. The summed E-state index contributed by atoms with van der Waals surface area (Å²) in [6.07, 6.45) is -0.963. The highest BCUT2D eigenvalue weighted by Crippen LogP contribution is 2.19. The molecule has 10 heteroatoms. The van der Waals surface area contributed by atoms with Gasteiger partial charge in [0, 0.05) is 24.9 Å². The first-order chi connectivity index (χ1) is 14.5. The predicted molar refractivity (Wildman–Crippen MR) is 118 cm³/mol. The molecule has 0 atom stereocenters. The maximum atomic E-state index is 13.2. The van der Waals surface area contributed by atoms with E-state index in [9.17, 15) is 19.2 Å². The van der Waals surface area contributed by atoms with Gasteiger partial charge in [-0.15, -0.1) is 5.01 Å². The van der Waals surface area contributed by atoms with Gasteiger partial charge in [-0.1, -0.05) is 50.0 Å². The van der Waals surface area contributed by atoms with Crippen LogP contribution in [0.2, 0.25) is 19.6 Å². The second-order valence-electron chi connectivity index (χ2n) is 7.66. The van der Waals surface area contributed by atoms with E-state index in [1.807, 2.05) is 50.0 Å². The van der Waals surface area contributed by atoms with Crippen molar-refractivity contribution in [3.05, 3.63) is 47.2 Å². The Morgan fingerprint density at radius 2 is 1.58 bits per heavy atom. The van der Waals surface area contributed by atoms with Crippen LogP contribution in [0.3, 0.4) is 0 Å². The van der Waals surface area contributed by atoms with Gasteiger partial charge in [-0.3, -0.25) is 9.59 Å². The lowest BCUT2D eigenvalue weighted by Crippen LogP contribution is -2.50. The van der Waals surface area contributed by atoms with Gasteiger partial charge in [0.15, 0.2) is 0 Å². The van der Waals surface area contributed by atoms with Gasteiger partial charge in [0.1, 0.15) is 0 Å². The highest BCUT2D eigenvalue weighted by molar-refractivity contribution is 6.87. The van der Waals surface area contributed by atoms with E-state index in [-0.39, 0.29) is 19.1 Å². The van der Waals surface area contributed by atoms with E-state index in [0.717, 1.165) is 11.6 Å². The zero-order valence-electron chi connectivity index (χ0n) is 18.9. The number of carbonyl (C=O) groups excluding carboxylic acids is 4. The average molecular weight is 450 g/mol. The Hall–Kier alpha value is -3.14. The molecule has 1 aromatic rings. The topological polar surface area (TPSA) is 105 Å². The first kappa shape index (κ1) is 25.9. The van der Waals surface area contributed by atoms with Crippen LogP contribution in [-0.2, 0) is 25.6 Å². The Bertz CT molecular complexity index is 820. The maximum absolute atomic E-state index is 13.2. The van der Waals surface area contributed by atoms with E-state index in [4.69, 9.17) is 9.47 Å². The second-order valence-corrected chi connectivity index (χ2v) is 12.7. The number of rotatable bonds is 7. The number of likely N-dealkylation sites (N-methyl/N-ethyl adjacent to an activating group) is 1. The fraction of sp³-hybridized carbons (Fsp3) is 0.429. The monoisotopic (exact) mass is 449 g/mol. The summed E-state index contributed by atoms with van der Waals surface area (Å²) in [6, 6.07) is 9.45. The van der Waals surface area contributed by atoms with Crippen molar-refractivity contribution in [2.45, 2.75) is 40.0 Å². The summed E-state index contributed by atoms with van der Waals surface area (Å²) < 4.78 is 9.58. The molecule has 0 saturated heterocycles. The molecule has 0 aromatic heterocycles. The summed E-state index contributed by atoms with van der Waals surface area (Å²) in [5.74, 6) is -1.22. The van der Waals surface area contributed by atoms with E-state index in [1.165, 1.54) is 4.90 Å². The highest BCUT2D eigenvalue weighted by atomic mass is 28.3. The summed E-state index contributed by atoms with van der Waals surface area (Å²) in [6.45, 7) is 9.29. The Morgan fingerprint density at radius 3 is 2.10 bits per heavy atom. The van der Waals surface area contributed by atoms with Gasteiger partial charge in [0.05, 0.1) is 21.3 Å². The number of amides is 4. The molecule has 4 amide bonds. The Morgan fingerprint density at radius 1 is 1.00 bits per heavy atom. The summed E-state index contributed by atoms with van der Waals surface area (Å²) in [5.41, 5.74) is 3.00. The number of nitrogens with one attached hydrogen (secondary N) is 1. The fourth-order valence-corrected chi connectivity index (χ4v) is 3.94. The van der Waals surface area contributed by atoms with Gasteiger partial charge >= 0.3 is 12.2 Å². The van der Waals surface area contributed by atoms with Crippen molar-refractivity contribution in [2.24, 2.45) is 0 Å². The number of hydrazine groups is 1. The minimum absolute atomic E-state index is 0.00352. The van der Waals surface area contributed by atoms with E-state index in [2.05, 4.69) is 5.43 Å². The van der Waals surface area contributed by atoms with Gasteiger partial charge in [0.2, 0.25) is 5.91 Å². The molecular formula is C21H31N3O6Si. The number of imide groups is 1. The average Bonchev–Trinajstić information content (AvgIpc) is 2.69. The molecule has 0 unspecified atom stereocenters. The standard InChI is InChI=1S/C21H31N3O6Si/c1-7-29-20(27)22-24(21(28)30-8-2)18(25)14-17(31(4,5)6)19(26)23(3)15-16-12-10-9-11-13-16/h9-14H,7-8,15H2,1-6H3,(H,22,27)/b17-14+. The van der Waals surface area contributed by atoms with Crippen molar-refractivity contribution in [3.8, 4) is 0 Å². The van der Waals surface area contributed by atoms with Crippen LogP contribution in [0, 0.1) is 0 Å². The quantitative estimate of drug-likeness (QED) is 0.390. The minimum atomic E-state index is -2.32. The largest absolute Gasteiger partial charge is 0.449 e. The van der Waals surface area contributed by atoms with Gasteiger partial charge < -0.3 is 14.4 Å². The van der Waals surface area contributed by atoms with E-state index < -0.39 is 26.2 Å². The zero-order valence-corrected chi connectivity index (χ0v) is 19.9. The number of hydrogen-bond acceptors (Lipinski definition) is 6. The molecule has 0 aliphatic heterocycles. The lowest BCUT2D eigenvalue weighted by atomic mass is 10.2. The van der Waals surface area contributed by atoms with Crippen molar-refractivity contribution >= 4 is 32.1 Å². The van der Waals surface area contributed by atoms with Crippen LogP contribution in [0.1, 0.15) is 19.4 Å². The highest BCUT2D eigenvalue weighted by Gasteiger charge is 2.32. The Balaban J connectivity index is 3.19. The normalized spacial score (nSPS) is 11.4. The van der Waals surface area contributed by atoms with Crippen LogP contribution < -0.4 is 5.43 Å². The van der Waals surface area contributed by atoms with Crippen LogP contribution in [0.25, 0.3) is 0 Å². The Kier molecular flexibility index (Phi) is 9.93. The van der Waals surface area contributed by atoms with Crippen molar-refractivity contribution in [2.75, 3.05) is 20.3 Å². The van der Waals surface area contributed by atoms with Gasteiger partial charge in [-0.25, -0.2) is 15.0 Å². The molecule has 9 nitrogen and oxygen atoms in total. The molecule has 0 spiro atoms. The minimum Gasteiger partial charge on any atom is -0.449 e. The second kappa shape index (κ2) is 11.9. The third-order valence-electron chi connectivity index (χ3n) is 4.06. The lowest BCUT2D eigenvalue weighted by molar-refractivity contribution is -0.128. The van der Waals surface area contributed by atoms with Crippen molar-refractivity contribution in [1.29, 1.82) is 0 Å². The van der Waals surface area contributed by atoms with Crippen molar-refractivity contribution in [1.82, 2.24) is 15.3 Å². The van der Waals surface area contributed by atoms with E-state index >= 15 is 0 Å². The zero-order chi connectivity index (χ0) is 23.6. The van der Waals surface area contributed by atoms with Crippen LogP contribution in [0.4, 0.5) is 9.59 Å². The molecule has 0 fully saturated rings. The lowest BCUT2D eigenvalue weighted by Gasteiger charge is -2.26. The summed E-state index contributed by atoms with van der Waals surface area (Å²) in [4.78, 5) is 51.5. The molecule has 0 aliphatic rings. The third-order valence-corrected chi connectivity index (χ3v) is 6.04. The molecule has 170 valence electrons. The number of benzene rings is 1. The van der Waals surface area contributed by atoms with Crippen molar-refractivity contribution in [3.63, 3.8) is 0 Å². The molecule has 0 bridgehead atoms. The van der Waals surface area contributed by atoms with Crippen LogP contribution in [0.15, 0.2) is 41.6 Å². The van der Waals surface area contributed by atoms with Crippen molar-refractivity contribution < 1.29 is 28.7 Å². The smallest absolute Gasteiger partial charge is 0.436 e. The van der Waals surface area contributed by atoms with Gasteiger partial charge in [-0.05, 0) is 19.4 Å². The molecule has 1 N–H and O–H groups in total. The summed E-state index contributed by atoms with van der Waals surface area (Å²) in [7, 11) is -0.674. The molecule has 0 aliphatic carbocycles. The molecule has 31 heavy (non-hydrogen) atoms. The third kappa shape index (κ3) is 8.25. The van der Waals surface area contributed by atoms with Gasteiger partial charge in [-0.2, -0.15) is 0 Å². The van der Waals surface area contributed by atoms with Gasteiger partial charge in [0.25, 0.3) is 5.91 Å². The SMILES string of the molecule is CCOC(=O)NN(C(=O)/C=C(\C(=O)N(C)Cc1ccccc1)[Si](C)(C)C)C(=O)OCC. The first-order valence-electron chi connectivity index (χ1n) is 9.97. The van der Waals surface area contributed by atoms with Crippen LogP contribution in [0.5, 0.6) is 0 Å². The van der Waals surface area contributed by atoms with Crippen LogP contribution in [-0.4, -0.2) is 62.2 Å². The van der Waals surface area contributed by atoms with E-state index in [1.54, 1.807) is 20.9 Å². The fourth-order valence-electron chi connectivity index (χ4n) is 2.56. The number of hydrogen-bond donors (Lipinski definition) is 1.